The molecular weight excluding hydrogens is 302 g/mol. The van der Waals surface area contributed by atoms with Crippen LogP contribution >= 0.6 is 11.6 Å². The molecule has 2 aromatic rings. The summed E-state index contributed by atoms with van der Waals surface area (Å²) in [6, 6.07) is 1.89. The monoisotopic (exact) mass is 325 g/mol. The zero-order chi connectivity index (χ0) is 16.5. The Labute approximate surface area is 136 Å². The molecule has 2 aromatic heterocycles. The third-order valence-corrected chi connectivity index (χ3v) is 3.30. The lowest BCUT2D eigenvalue weighted by molar-refractivity contribution is 0.931. The molecule has 1 aliphatic rings. The van der Waals surface area contributed by atoms with E-state index in [-0.39, 0.29) is 5.95 Å². The molecule has 0 amide bonds. The predicted octanol–water partition coefficient (Wildman–Crippen LogP) is 2.30. The SMILES string of the molecule is CC.CN.Nc1nc(-c2[nH]ncc2Cl)cc(N2CCCC2)n1. The minimum Gasteiger partial charge on any atom is -0.368 e. The third-order valence-electron chi connectivity index (χ3n) is 3.01. The van der Waals surface area contributed by atoms with Crippen LogP contribution in [0.15, 0.2) is 12.3 Å². The molecule has 3 heterocycles. The molecule has 0 radical (unpaired) electrons. The summed E-state index contributed by atoms with van der Waals surface area (Å²) in [6.07, 6.45) is 3.92. The topological polar surface area (TPSA) is 110 Å². The molecule has 0 aromatic carbocycles. The van der Waals surface area contributed by atoms with Gasteiger partial charge in [0.25, 0.3) is 0 Å². The minimum absolute atomic E-state index is 0.250. The summed E-state index contributed by atoms with van der Waals surface area (Å²) >= 11 is 6.03. The first kappa shape index (κ1) is 18.2. The van der Waals surface area contributed by atoms with Crippen LogP contribution in [0.25, 0.3) is 11.4 Å². The van der Waals surface area contributed by atoms with Gasteiger partial charge in [-0.2, -0.15) is 10.1 Å². The molecule has 122 valence electrons. The van der Waals surface area contributed by atoms with Crippen molar-refractivity contribution >= 4 is 23.4 Å². The van der Waals surface area contributed by atoms with Crippen molar-refractivity contribution in [2.45, 2.75) is 26.7 Å². The highest BCUT2D eigenvalue weighted by atomic mass is 35.5. The Hall–Kier alpha value is -1.86. The van der Waals surface area contributed by atoms with Gasteiger partial charge in [0.1, 0.15) is 11.5 Å². The number of rotatable bonds is 2. The maximum atomic E-state index is 6.03. The van der Waals surface area contributed by atoms with Crippen LogP contribution in [0.4, 0.5) is 11.8 Å². The standard InChI is InChI=1S/C11H13ClN6.C2H6.CH5N/c12-7-6-14-17-10(7)8-5-9(16-11(13)15-8)18-3-1-2-4-18;2*1-2/h5-6H,1-4H2,(H,14,17)(H2,13,15,16);1-2H3;2H2,1H3. The van der Waals surface area contributed by atoms with E-state index in [2.05, 4.69) is 30.8 Å². The van der Waals surface area contributed by atoms with Crippen molar-refractivity contribution in [2.75, 3.05) is 30.8 Å². The average Bonchev–Trinajstić information content (AvgIpc) is 3.22. The molecule has 22 heavy (non-hydrogen) atoms. The Balaban J connectivity index is 0.000000561. The summed E-state index contributed by atoms with van der Waals surface area (Å²) in [4.78, 5) is 10.7. The third kappa shape index (κ3) is 4.32. The van der Waals surface area contributed by atoms with Crippen LogP contribution in [0.2, 0.25) is 5.02 Å². The number of nitrogens with zero attached hydrogens (tertiary/aromatic N) is 4. The highest BCUT2D eigenvalue weighted by molar-refractivity contribution is 6.32. The van der Waals surface area contributed by atoms with Gasteiger partial charge in [-0.1, -0.05) is 25.4 Å². The van der Waals surface area contributed by atoms with Crippen LogP contribution in [0.3, 0.4) is 0 Å². The lowest BCUT2D eigenvalue weighted by atomic mass is 10.3. The maximum absolute atomic E-state index is 6.03. The van der Waals surface area contributed by atoms with Crippen LogP contribution in [0.5, 0.6) is 0 Å². The predicted molar refractivity (Wildman–Crippen MR) is 91.9 cm³/mol. The molecule has 8 heteroatoms. The number of anilines is 2. The van der Waals surface area contributed by atoms with E-state index in [1.54, 1.807) is 6.20 Å². The van der Waals surface area contributed by atoms with Gasteiger partial charge in [0.15, 0.2) is 0 Å². The van der Waals surface area contributed by atoms with Gasteiger partial charge in [-0.05, 0) is 19.9 Å². The van der Waals surface area contributed by atoms with E-state index in [1.165, 1.54) is 19.9 Å². The van der Waals surface area contributed by atoms with E-state index in [9.17, 15) is 0 Å². The lowest BCUT2D eigenvalue weighted by Gasteiger charge is -2.17. The molecule has 0 atom stereocenters. The van der Waals surface area contributed by atoms with Gasteiger partial charge in [-0.25, -0.2) is 4.98 Å². The van der Waals surface area contributed by atoms with Gasteiger partial charge in [0.2, 0.25) is 5.95 Å². The van der Waals surface area contributed by atoms with E-state index in [0.29, 0.717) is 16.4 Å². The smallest absolute Gasteiger partial charge is 0.222 e. The van der Waals surface area contributed by atoms with Crippen molar-refractivity contribution in [2.24, 2.45) is 5.73 Å². The van der Waals surface area contributed by atoms with E-state index < -0.39 is 0 Å². The number of nitrogen functional groups attached to an aromatic ring is 1. The average molecular weight is 326 g/mol. The fraction of sp³-hybridized carbons (Fsp3) is 0.500. The first-order valence-electron chi connectivity index (χ1n) is 7.40. The Morgan fingerprint density at radius 3 is 2.36 bits per heavy atom. The van der Waals surface area contributed by atoms with Gasteiger partial charge < -0.3 is 16.4 Å². The highest BCUT2D eigenvalue weighted by Gasteiger charge is 2.17. The van der Waals surface area contributed by atoms with Crippen LogP contribution in [0, 0.1) is 0 Å². The molecule has 1 fully saturated rings. The largest absolute Gasteiger partial charge is 0.368 e. The number of nitrogens with two attached hydrogens (primary N) is 2. The number of aromatic amines is 1. The van der Waals surface area contributed by atoms with Crippen LogP contribution in [-0.4, -0.2) is 40.3 Å². The second kappa shape index (κ2) is 9.22. The molecule has 1 saturated heterocycles. The second-order valence-corrected chi connectivity index (χ2v) is 4.66. The molecule has 0 bridgehead atoms. The van der Waals surface area contributed by atoms with Crippen molar-refractivity contribution in [1.29, 1.82) is 0 Å². The van der Waals surface area contributed by atoms with Gasteiger partial charge >= 0.3 is 0 Å². The van der Waals surface area contributed by atoms with Crippen molar-refractivity contribution < 1.29 is 0 Å². The van der Waals surface area contributed by atoms with Gasteiger partial charge in [0, 0.05) is 19.2 Å². The highest BCUT2D eigenvalue weighted by Crippen LogP contribution is 2.27. The van der Waals surface area contributed by atoms with E-state index in [0.717, 1.165) is 18.9 Å². The van der Waals surface area contributed by atoms with Crippen LogP contribution < -0.4 is 16.4 Å². The molecule has 0 unspecified atom stereocenters. The second-order valence-electron chi connectivity index (χ2n) is 4.26. The fourth-order valence-corrected chi connectivity index (χ4v) is 2.33. The fourth-order valence-electron chi connectivity index (χ4n) is 2.14. The Bertz CT molecular complexity index is 564. The summed E-state index contributed by atoms with van der Waals surface area (Å²) in [5, 5.41) is 7.23. The molecule has 3 rings (SSSR count). The quantitative estimate of drug-likeness (QED) is 0.781. The number of hydrogen-bond donors (Lipinski definition) is 3. The molecule has 0 saturated carbocycles. The molecule has 1 aliphatic heterocycles. The lowest BCUT2D eigenvalue weighted by Crippen LogP contribution is -2.19. The van der Waals surface area contributed by atoms with Gasteiger partial charge in [-0.15, -0.1) is 0 Å². The van der Waals surface area contributed by atoms with Crippen molar-refractivity contribution in [1.82, 2.24) is 20.2 Å². The summed E-state index contributed by atoms with van der Waals surface area (Å²) in [6.45, 7) is 6.01. The van der Waals surface area contributed by atoms with Crippen LogP contribution in [-0.2, 0) is 0 Å². The maximum Gasteiger partial charge on any atom is 0.222 e. The van der Waals surface area contributed by atoms with E-state index in [4.69, 9.17) is 17.3 Å². The number of hydrogen-bond acceptors (Lipinski definition) is 6. The number of nitrogens with one attached hydrogen (secondary N) is 1. The van der Waals surface area contributed by atoms with Crippen molar-refractivity contribution in [3.63, 3.8) is 0 Å². The summed E-state index contributed by atoms with van der Waals surface area (Å²) < 4.78 is 0. The number of aromatic nitrogens is 4. The minimum atomic E-state index is 0.250. The number of halogens is 1. The number of H-pyrrole nitrogens is 1. The normalized spacial score (nSPS) is 13.0. The molecule has 0 spiro atoms. The van der Waals surface area contributed by atoms with Gasteiger partial charge in [-0.3, -0.25) is 5.10 Å². The summed E-state index contributed by atoms with van der Waals surface area (Å²) in [5.74, 6) is 1.10. The Kier molecular flexibility index (Phi) is 7.62. The molecular formula is C14H24ClN7. The summed E-state index contributed by atoms with van der Waals surface area (Å²) in [7, 11) is 1.50. The van der Waals surface area contributed by atoms with Crippen molar-refractivity contribution in [3.8, 4) is 11.4 Å². The Morgan fingerprint density at radius 1 is 1.18 bits per heavy atom. The zero-order valence-electron chi connectivity index (χ0n) is 13.3. The first-order chi connectivity index (χ1) is 10.7. The summed E-state index contributed by atoms with van der Waals surface area (Å²) in [5.41, 5.74) is 11.6. The molecule has 7 nitrogen and oxygen atoms in total. The van der Waals surface area contributed by atoms with Crippen molar-refractivity contribution in [3.05, 3.63) is 17.3 Å². The zero-order valence-corrected chi connectivity index (χ0v) is 14.1. The molecule has 0 aliphatic carbocycles. The first-order valence-corrected chi connectivity index (χ1v) is 7.78. The van der Waals surface area contributed by atoms with E-state index >= 15 is 0 Å². The van der Waals surface area contributed by atoms with E-state index in [1.807, 2.05) is 19.9 Å². The molecule has 5 N–H and O–H groups in total. The van der Waals surface area contributed by atoms with Gasteiger partial charge in [0.05, 0.1) is 16.9 Å². The van der Waals surface area contributed by atoms with Crippen LogP contribution in [0.1, 0.15) is 26.7 Å². The Morgan fingerprint density at radius 2 is 1.82 bits per heavy atom.